The van der Waals surface area contributed by atoms with Crippen LogP contribution in [0.2, 0.25) is 0 Å². The van der Waals surface area contributed by atoms with Gasteiger partial charge in [-0.2, -0.15) is 0 Å². The average molecular weight is 501 g/mol. The Kier molecular flexibility index (Phi) is 22.5. The lowest BCUT2D eigenvalue weighted by Gasteiger charge is -2.21. The molecule has 0 aromatic heterocycles. The molecule has 208 valence electrons. The smallest absolute Gasteiger partial charge is 0.338 e. The van der Waals surface area contributed by atoms with E-state index in [-0.39, 0.29) is 54.8 Å². The summed E-state index contributed by atoms with van der Waals surface area (Å²) in [6, 6.07) is 0.438. The molecule has 35 heavy (non-hydrogen) atoms. The van der Waals surface area contributed by atoms with Crippen molar-refractivity contribution >= 4 is 23.5 Å². The van der Waals surface area contributed by atoms with E-state index < -0.39 is 0 Å². The summed E-state index contributed by atoms with van der Waals surface area (Å²) in [5.74, 6) is 0.966. The number of carbonyl (C=O) groups excluding carboxylic acids is 2. The number of rotatable bonds is 16. The van der Waals surface area contributed by atoms with Gasteiger partial charge in [0.25, 0.3) is 0 Å². The minimum atomic E-state index is -0.0933. The van der Waals surface area contributed by atoms with E-state index in [0.717, 1.165) is 25.7 Å². The Bertz CT molecular complexity index is 569. The molecule has 0 fully saturated rings. The van der Waals surface area contributed by atoms with Crippen LogP contribution in [0.15, 0.2) is 4.99 Å². The third-order valence-corrected chi connectivity index (χ3v) is 4.84. The zero-order valence-electron chi connectivity index (χ0n) is 23.8. The summed E-state index contributed by atoms with van der Waals surface area (Å²) in [4.78, 5) is 30.7. The molecule has 0 amide bonds. The molecular weight excluding hydrogens is 444 g/mol. The quantitative estimate of drug-likeness (QED) is 0.0656. The van der Waals surface area contributed by atoms with Gasteiger partial charge >= 0.3 is 5.96 Å². The van der Waals surface area contributed by atoms with Crippen LogP contribution >= 0.6 is 0 Å². The summed E-state index contributed by atoms with van der Waals surface area (Å²) in [5, 5.41) is 6.59. The summed E-state index contributed by atoms with van der Waals surface area (Å²) in [7, 11) is 0. The zero-order chi connectivity index (χ0) is 26.8. The van der Waals surface area contributed by atoms with Crippen LogP contribution < -0.4 is 38.6 Å². The first-order valence-corrected chi connectivity index (χ1v) is 12.5. The molecule has 0 unspecified atom stereocenters. The molecule has 0 aromatic rings. The normalized spacial score (nSPS) is 12.5. The first kappa shape index (κ1) is 37.4. The van der Waals surface area contributed by atoms with Gasteiger partial charge in [-0.1, -0.05) is 55.4 Å². The second-order valence-electron chi connectivity index (χ2n) is 9.84. The van der Waals surface area contributed by atoms with Crippen molar-refractivity contribution in [2.75, 3.05) is 13.1 Å². The van der Waals surface area contributed by atoms with Gasteiger partial charge in [0.2, 0.25) is 0 Å². The van der Waals surface area contributed by atoms with E-state index in [1.165, 1.54) is 0 Å². The molecule has 0 bridgehead atoms. The first-order chi connectivity index (χ1) is 15.7. The van der Waals surface area contributed by atoms with Gasteiger partial charge in [0.05, 0.1) is 18.6 Å². The number of carbonyl (C=O) groups is 2. The van der Waals surface area contributed by atoms with Gasteiger partial charge in [-0.05, 0) is 25.7 Å². The Balaban J connectivity index is -0.000000569. The highest BCUT2D eigenvalue weighted by Gasteiger charge is 2.22. The molecule has 0 radical (unpaired) electrons. The average Bonchev–Trinajstić information content (AvgIpc) is 2.70. The highest BCUT2D eigenvalue weighted by molar-refractivity contribution is 5.86. The summed E-state index contributed by atoms with van der Waals surface area (Å²) >= 11 is 0. The highest BCUT2D eigenvalue weighted by atomic mass is 16.1. The van der Waals surface area contributed by atoms with E-state index in [1.807, 2.05) is 55.4 Å². The van der Waals surface area contributed by atoms with E-state index >= 15 is 0 Å². The van der Waals surface area contributed by atoms with Crippen molar-refractivity contribution in [2.24, 2.45) is 39.8 Å². The number of nitrogens with zero attached hydrogens (tertiary/aromatic N) is 1. The number of Topliss-reactive ketones (excluding diaryl/α,β-unsaturated/α-hetero) is 2. The van der Waals surface area contributed by atoms with E-state index in [4.69, 9.17) is 22.9 Å². The van der Waals surface area contributed by atoms with Crippen LogP contribution in [0.4, 0.5) is 0 Å². The van der Waals surface area contributed by atoms with Gasteiger partial charge < -0.3 is 29.5 Å². The molecule has 0 aliphatic carbocycles. The monoisotopic (exact) mass is 500 g/mol. The predicted octanol–water partition coefficient (Wildman–Crippen LogP) is -0.206. The maximum Gasteiger partial charge on any atom is 0.338 e. The largest absolute Gasteiger partial charge is 0.370 e. The lowest BCUT2D eigenvalue weighted by atomic mass is 9.97. The van der Waals surface area contributed by atoms with Gasteiger partial charge in [0, 0.05) is 30.5 Å². The molecule has 10 nitrogen and oxygen atoms in total. The number of nitrogens with one attached hydrogen (secondary N) is 3. The van der Waals surface area contributed by atoms with Crippen molar-refractivity contribution in [2.45, 2.75) is 105 Å². The van der Waals surface area contributed by atoms with Crippen LogP contribution in [0, 0.1) is 19.3 Å². The molecule has 0 aromatic carbocycles. The number of aliphatic imine (C=N–C) groups is 1. The van der Waals surface area contributed by atoms with Gasteiger partial charge in [-0.25, -0.2) is 0 Å². The molecule has 0 saturated carbocycles. The van der Waals surface area contributed by atoms with Crippen LogP contribution in [0.25, 0.3) is 0 Å². The molecule has 0 heterocycles. The SMILES string of the molecule is CC(C)N[C@@H](CCCN=C(N)N)C(=O)C(C)C.CC(C)N[C@@H](CCC[NH+]=C(N)N)C(=O)C(C)C.[CH3-]. The summed E-state index contributed by atoms with van der Waals surface area (Å²) < 4.78 is 0. The van der Waals surface area contributed by atoms with Crippen LogP contribution in [-0.4, -0.2) is 60.7 Å². The second-order valence-corrected chi connectivity index (χ2v) is 9.84. The maximum atomic E-state index is 12.0. The molecule has 0 aliphatic rings. The van der Waals surface area contributed by atoms with E-state index in [2.05, 4.69) is 20.6 Å². The van der Waals surface area contributed by atoms with Gasteiger partial charge in [-0.3, -0.25) is 31.0 Å². The minimum absolute atomic E-state index is 0. The Morgan fingerprint density at radius 2 is 1.14 bits per heavy atom. The summed E-state index contributed by atoms with van der Waals surface area (Å²) in [6.45, 7) is 17.2. The third kappa shape index (κ3) is 22.0. The molecular formula is C25H56N8O2. The second kappa shape index (κ2) is 21.1. The standard InChI is InChI=1S/2C12H26N4O.CH3/c2*1-8(2)11(17)10(16-9(3)4)6-5-7-15-12(13)14;/h2*8-10,16H,5-7H2,1-4H3,(H4,13,14,15);1H3/q;;-1/p+1/t2*10-;/m00./s1. The molecule has 0 saturated heterocycles. The Morgan fingerprint density at radius 3 is 1.46 bits per heavy atom. The van der Waals surface area contributed by atoms with Crippen LogP contribution in [0.1, 0.15) is 81.1 Å². The third-order valence-electron chi connectivity index (χ3n) is 4.84. The lowest BCUT2D eigenvalue weighted by molar-refractivity contribution is -0.459. The van der Waals surface area contributed by atoms with Crippen LogP contribution in [0.5, 0.6) is 0 Å². The van der Waals surface area contributed by atoms with Crippen molar-refractivity contribution in [3.63, 3.8) is 0 Å². The zero-order valence-corrected chi connectivity index (χ0v) is 23.8. The van der Waals surface area contributed by atoms with Crippen molar-refractivity contribution < 1.29 is 14.6 Å². The van der Waals surface area contributed by atoms with Gasteiger partial charge in [0.1, 0.15) is 0 Å². The van der Waals surface area contributed by atoms with Crippen LogP contribution in [-0.2, 0) is 9.59 Å². The van der Waals surface area contributed by atoms with Crippen molar-refractivity contribution in [1.82, 2.24) is 10.6 Å². The molecule has 0 aliphatic heterocycles. The molecule has 11 N–H and O–H groups in total. The Hall–Kier alpha value is -2.20. The lowest BCUT2D eigenvalue weighted by Crippen LogP contribution is -2.78. The van der Waals surface area contributed by atoms with Crippen LogP contribution in [0.3, 0.4) is 0 Å². The number of hydrogen-bond acceptors (Lipinski definition) is 5. The Labute approximate surface area is 214 Å². The molecule has 2 atom stereocenters. The van der Waals surface area contributed by atoms with E-state index in [0.29, 0.717) is 25.2 Å². The number of nitrogens with two attached hydrogens (primary N) is 4. The molecule has 0 spiro atoms. The number of guanidine groups is 2. The highest BCUT2D eigenvalue weighted by Crippen LogP contribution is 2.08. The maximum absolute atomic E-state index is 12.0. The minimum Gasteiger partial charge on any atom is -0.370 e. The van der Waals surface area contributed by atoms with Crippen molar-refractivity contribution in [1.29, 1.82) is 0 Å². The van der Waals surface area contributed by atoms with Crippen molar-refractivity contribution in [3.05, 3.63) is 7.43 Å². The molecule has 0 rings (SSSR count). The number of hydrogen-bond donors (Lipinski definition) is 7. The Morgan fingerprint density at radius 1 is 0.743 bits per heavy atom. The topological polar surface area (TPSA) is 189 Å². The predicted molar refractivity (Wildman–Crippen MR) is 149 cm³/mol. The van der Waals surface area contributed by atoms with Crippen molar-refractivity contribution in [3.8, 4) is 0 Å². The summed E-state index contributed by atoms with van der Waals surface area (Å²) in [6.07, 6.45) is 3.24. The number of ketones is 2. The fourth-order valence-corrected chi connectivity index (χ4v) is 3.27. The van der Waals surface area contributed by atoms with E-state index in [1.54, 1.807) is 0 Å². The summed E-state index contributed by atoms with van der Waals surface area (Å²) in [5.41, 5.74) is 21.1. The van der Waals surface area contributed by atoms with Gasteiger partial charge in [0.15, 0.2) is 17.5 Å². The fourth-order valence-electron chi connectivity index (χ4n) is 3.27. The van der Waals surface area contributed by atoms with Gasteiger partial charge in [-0.15, -0.1) is 0 Å². The van der Waals surface area contributed by atoms with E-state index in [9.17, 15) is 9.59 Å². The fraction of sp³-hybridized carbons (Fsp3) is 0.800. The first-order valence-electron chi connectivity index (χ1n) is 12.5. The molecule has 10 heteroatoms.